The number of nitrogens with zero attached hydrogens (tertiary/aromatic N) is 3. The van der Waals surface area contributed by atoms with Crippen LogP contribution in [0.3, 0.4) is 0 Å². The number of halogens is 1. The fourth-order valence-electron chi connectivity index (χ4n) is 2.21. The molecule has 2 heterocycles. The molecule has 0 fully saturated rings. The van der Waals surface area contributed by atoms with Crippen LogP contribution in [-0.2, 0) is 11.3 Å². The van der Waals surface area contributed by atoms with Gasteiger partial charge in [-0.1, -0.05) is 11.6 Å². The number of aryl methyl sites for hydroxylation is 1. The maximum Gasteiger partial charge on any atom is 0.245 e. The maximum absolute atomic E-state index is 12.3. The molecule has 0 spiro atoms. The molecule has 0 unspecified atom stereocenters. The molecule has 0 saturated heterocycles. The number of rotatable bonds is 4. The van der Waals surface area contributed by atoms with Gasteiger partial charge in [0.15, 0.2) is 10.6 Å². The van der Waals surface area contributed by atoms with Crippen molar-refractivity contribution in [2.45, 2.75) is 13.5 Å². The van der Waals surface area contributed by atoms with Crippen LogP contribution < -0.4 is 5.32 Å². The Bertz CT molecular complexity index is 932. The van der Waals surface area contributed by atoms with Gasteiger partial charge in [0.05, 0.1) is 0 Å². The second kappa shape index (κ2) is 6.94. The Morgan fingerprint density at radius 1 is 1.33 bits per heavy atom. The van der Waals surface area contributed by atoms with Gasteiger partial charge in [-0.25, -0.2) is 4.98 Å². The summed E-state index contributed by atoms with van der Waals surface area (Å²) >= 11 is 11.1. The number of anilines is 1. The Morgan fingerprint density at radius 3 is 2.79 bits per heavy atom. The summed E-state index contributed by atoms with van der Waals surface area (Å²) in [5.41, 5.74) is 1.83. The van der Waals surface area contributed by atoms with Crippen LogP contribution in [0, 0.1) is 11.7 Å². The van der Waals surface area contributed by atoms with Crippen molar-refractivity contribution in [3.63, 3.8) is 0 Å². The smallest absolute Gasteiger partial charge is 0.245 e. The summed E-state index contributed by atoms with van der Waals surface area (Å²) in [6.07, 6.45) is 1.65. The van der Waals surface area contributed by atoms with Gasteiger partial charge in [0.2, 0.25) is 5.91 Å². The highest BCUT2D eigenvalue weighted by Gasteiger charge is 2.13. The Labute approximate surface area is 148 Å². The van der Waals surface area contributed by atoms with E-state index in [0.717, 1.165) is 11.1 Å². The zero-order valence-corrected chi connectivity index (χ0v) is 14.4. The highest BCUT2D eigenvalue weighted by molar-refractivity contribution is 7.71. The average molecular weight is 360 g/mol. The zero-order chi connectivity index (χ0) is 17.1. The molecule has 24 heavy (non-hydrogen) atoms. The topological polar surface area (TPSA) is 75.6 Å². The molecule has 122 valence electrons. The summed E-state index contributed by atoms with van der Waals surface area (Å²) in [6.45, 7) is 1.96. The number of hydrogen-bond donors (Lipinski definition) is 2. The molecule has 3 aromatic rings. The van der Waals surface area contributed by atoms with E-state index in [1.807, 2.05) is 25.1 Å². The first-order valence-electron chi connectivity index (χ1n) is 7.16. The minimum Gasteiger partial charge on any atom is -0.309 e. The lowest BCUT2D eigenvalue weighted by Gasteiger charge is -2.08. The van der Waals surface area contributed by atoms with Crippen molar-refractivity contribution >= 4 is 35.5 Å². The number of nitrogens with one attached hydrogen (secondary N) is 2. The molecule has 0 radical (unpaired) electrons. The van der Waals surface area contributed by atoms with Crippen LogP contribution in [-0.4, -0.2) is 25.7 Å². The molecule has 2 N–H and O–H groups in total. The van der Waals surface area contributed by atoms with Crippen LogP contribution in [0.5, 0.6) is 0 Å². The van der Waals surface area contributed by atoms with E-state index >= 15 is 0 Å². The monoisotopic (exact) mass is 359 g/mol. The molecular formula is C16H14ClN5OS. The summed E-state index contributed by atoms with van der Waals surface area (Å²) in [6, 6.07) is 10.8. The summed E-state index contributed by atoms with van der Waals surface area (Å²) in [5, 5.41) is 10.3. The van der Waals surface area contributed by atoms with Gasteiger partial charge in [0.1, 0.15) is 12.4 Å². The lowest BCUT2D eigenvalue weighted by molar-refractivity contribution is -0.116. The van der Waals surface area contributed by atoms with Gasteiger partial charge < -0.3 is 5.32 Å². The summed E-state index contributed by atoms with van der Waals surface area (Å²) in [7, 11) is 0. The number of benzene rings is 1. The number of amides is 1. The molecule has 0 saturated carbocycles. The van der Waals surface area contributed by atoms with Gasteiger partial charge in [-0.15, -0.1) is 0 Å². The molecular weight excluding hydrogens is 346 g/mol. The standard InChI is InChI=1S/C16H14ClN5OS/c1-10-6-7-18-13(8-10)19-14(23)9-22-15(20-21-16(22)24)11-2-4-12(17)5-3-11/h2-8H,9H2,1H3,(H,21,24)(H,18,19,23). The summed E-state index contributed by atoms with van der Waals surface area (Å²) < 4.78 is 2.00. The van der Waals surface area contributed by atoms with Gasteiger partial charge >= 0.3 is 0 Å². The molecule has 1 amide bonds. The molecule has 0 atom stereocenters. The molecule has 0 bridgehead atoms. The lowest BCUT2D eigenvalue weighted by Crippen LogP contribution is -2.20. The minimum absolute atomic E-state index is 0.0307. The first-order chi connectivity index (χ1) is 11.5. The first-order valence-corrected chi connectivity index (χ1v) is 7.95. The van der Waals surface area contributed by atoms with Gasteiger partial charge in [0, 0.05) is 16.8 Å². The SMILES string of the molecule is Cc1ccnc(NC(=O)Cn2c(-c3ccc(Cl)cc3)n[nH]c2=S)c1. The van der Waals surface area contributed by atoms with Crippen LogP contribution in [0.4, 0.5) is 5.82 Å². The predicted octanol–water partition coefficient (Wildman–Crippen LogP) is 3.60. The van der Waals surface area contributed by atoms with E-state index in [0.29, 0.717) is 21.4 Å². The number of carbonyl (C=O) groups is 1. The van der Waals surface area contributed by atoms with Gasteiger partial charge in [-0.3, -0.25) is 14.5 Å². The third-order valence-corrected chi connectivity index (χ3v) is 3.91. The Hall–Kier alpha value is -2.51. The van der Waals surface area contributed by atoms with Gasteiger partial charge in [0.25, 0.3) is 0 Å². The summed E-state index contributed by atoms with van der Waals surface area (Å²) in [5.74, 6) is 0.841. The molecule has 0 aliphatic carbocycles. The average Bonchev–Trinajstić information content (AvgIpc) is 2.89. The fraction of sp³-hybridized carbons (Fsp3) is 0.125. The molecule has 2 aromatic heterocycles. The second-order valence-corrected chi connectivity index (χ2v) is 6.04. The van der Waals surface area contributed by atoms with E-state index in [-0.39, 0.29) is 12.5 Å². The van der Waals surface area contributed by atoms with E-state index in [4.69, 9.17) is 23.8 Å². The molecule has 6 nitrogen and oxygen atoms in total. The molecule has 8 heteroatoms. The minimum atomic E-state index is -0.235. The normalized spacial score (nSPS) is 10.6. The maximum atomic E-state index is 12.3. The Balaban J connectivity index is 1.82. The lowest BCUT2D eigenvalue weighted by atomic mass is 10.2. The largest absolute Gasteiger partial charge is 0.309 e. The summed E-state index contributed by atoms with van der Waals surface area (Å²) in [4.78, 5) is 16.4. The van der Waals surface area contributed by atoms with E-state index in [9.17, 15) is 4.79 Å². The van der Waals surface area contributed by atoms with Crippen LogP contribution >= 0.6 is 23.8 Å². The van der Waals surface area contributed by atoms with E-state index in [1.54, 1.807) is 29.0 Å². The van der Waals surface area contributed by atoms with Crippen LogP contribution in [0.1, 0.15) is 5.56 Å². The quantitative estimate of drug-likeness (QED) is 0.698. The number of H-pyrrole nitrogens is 1. The molecule has 3 rings (SSSR count). The number of aromatic nitrogens is 4. The van der Waals surface area contributed by atoms with Crippen LogP contribution in [0.2, 0.25) is 5.02 Å². The molecule has 0 aliphatic rings. The zero-order valence-electron chi connectivity index (χ0n) is 12.8. The highest BCUT2D eigenvalue weighted by Crippen LogP contribution is 2.20. The van der Waals surface area contributed by atoms with Crippen molar-refractivity contribution in [2.75, 3.05) is 5.32 Å². The van der Waals surface area contributed by atoms with Crippen molar-refractivity contribution in [2.24, 2.45) is 0 Å². The number of hydrogen-bond acceptors (Lipinski definition) is 4. The fourth-order valence-corrected chi connectivity index (χ4v) is 2.54. The van der Waals surface area contributed by atoms with Crippen molar-refractivity contribution in [1.82, 2.24) is 19.7 Å². The highest BCUT2D eigenvalue weighted by atomic mass is 35.5. The van der Waals surface area contributed by atoms with E-state index < -0.39 is 0 Å². The molecule has 1 aromatic carbocycles. The van der Waals surface area contributed by atoms with Gasteiger partial charge in [-0.2, -0.15) is 5.10 Å². The van der Waals surface area contributed by atoms with E-state index in [1.165, 1.54) is 0 Å². The third-order valence-electron chi connectivity index (χ3n) is 3.35. The number of pyridine rings is 1. The first kappa shape index (κ1) is 16.4. The van der Waals surface area contributed by atoms with Crippen LogP contribution in [0.25, 0.3) is 11.4 Å². The number of aromatic amines is 1. The van der Waals surface area contributed by atoms with Crippen molar-refractivity contribution in [1.29, 1.82) is 0 Å². The number of carbonyl (C=O) groups excluding carboxylic acids is 1. The van der Waals surface area contributed by atoms with Gasteiger partial charge in [-0.05, 0) is 61.1 Å². The van der Waals surface area contributed by atoms with Crippen molar-refractivity contribution in [3.05, 3.63) is 58.0 Å². The Kier molecular flexibility index (Phi) is 4.73. The third kappa shape index (κ3) is 3.69. The second-order valence-electron chi connectivity index (χ2n) is 5.21. The van der Waals surface area contributed by atoms with Crippen LogP contribution in [0.15, 0.2) is 42.6 Å². The Morgan fingerprint density at radius 2 is 2.08 bits per heavy atom. The van der Waals surface area contributed by atoms with Crippen molar-refractivity contribution in [3.8, 4) is 11.4 Å². The van der Waals surface area contributed by atoms with E-state index in [2.05, 4.69) is 20.5 Å². The predicted molar refractivity (Wildman–Crippen MR) is 95.5 cm³/mol. The molecule has 0 aliphatic heterocycles. The van der Waals surface area contributed by atoms with Crippen molar-refractivity contribution < 1.29 is 4.79 Å².